The molecule has 1 aliphatic rings. The van der Waals surface area contributed by atoms with Gasteiger partial charge in [0, 0.05) is 29.9 Å². The molecule has 1 aromatic heterocycles. The van der Waals surface area contributed by atoms with Crippen LogP contribution in [0.2, 0.25) is 0 Å². The van der Waals surface area contributed by atoms with Gasteiger partial charge in [0.05, 0.1) is 7.11 Å². The largest absolute Gasteiger partial charge is 0.494 e. The maximum Gasteiger partial charge on any atom is 0.145 e. The second-order valence-electron chi connectivity index (χ2n) is 5.99. The maximum absolute atomic E-state index is 9.17. The number of nitrogens with one attached hydrogen (secondary N) is 1. The van der Waals surface area contributed by atoms with Crippen molar-refractivity contribution in [2.24, 2.45) is 5.41 Å². The number of benzene rings is 1. The molecule has 2 aromatic rings. The maximum atomic E-state index is 9.17. The van der Waals surface area contributed by atoms with Crippen molar-refractivity contribution in [3.8, 4) is 5.75 Å². The van der Waals surface area contributed by atoms with Gasteiger partial charge in [-0.2, -0.15) is 0 Å². The summed E-state index contributed by atoms with van der Waals surface area (Å²) in [5.41, 5.74) is 3.26. The first-order valence-corrected chi connectivity index (χ1v) is 7.46. The lowest BCUT2D eigenvalue weighted by Crippen LogP contribution is -2.17. The Morgan fingerprint density at radius 1 is 1.38 bits per heavy atom. The summed E-state index contributed by atoms with van der Waals surface area (Å²) in [4.78, 5) is 4.60. The van der Waals surface area contributed by atoms with Crippen molar-refractivity contribution in [3.63, 3.8) is 0 Å². The van der Waals surface area contributed by atoms with E-state index in [0.29, 0.717) is 0 Å². The van der Waals surface area contributed by atoms with Crippen LogP contribution in [0.4, 0.5) is 5.69 Å². The van der Waals surface area contributed by atoms with Gasteiger partial charge in [-0.3, -0.25) is 0 Å². The molecule has 0 saturated heterocycles. The highest BCUT2D eigenvalue weighted by Gasteiger charge is 2.41. The van der Waals surface area contributed by atoms with Gasteiger partial charge in [-0.1, -0.05) is 12.1 Å². The predicted molar refractivity (Wildman–Crippen MR) is 84.9 cm³/mol. The number of aliphatic hydroxyl groups excluding tert-OH is 1. The second kappa shape index (κ2) is 5.53. The van der Waals surface area contributed by atoms with E-state index in [9.17, 15) is 0 Å². The summed E-state index contributed by atoms with van der Waals surface area (Å²) in [6.07, 6.45) is 3.28. The van der Waals surface area contributed by atoms with Crippen LogP contribution in [0.3, 0.4) is 0 Å². The molecule has 21 heavy (non-hydrogen) atoms. The van der Waals surface area contributed by atoms with Crippen LogP contribution in [-0.2, 0) is 0 Å². The van der Waals surface area contributed by atoms with Gasteiger partial charge in [0.15, 0.2) is 0 Å². The van der Waals surface area contributed by atoms with Crippen LogP contribution in [0.5, 0.6) is 5.75 Å². The van der Waals surface area contributed by atoms with Crippen molar-refractivity contribution in [2.45, 2.75) is 26.2 Å². The van der Waals surface area contributed by atoms with Crippen molar-refractivity contribution in [3.05, 3.63) is 30.0 Å². The molecule has 4 nitrogen and oxygen atoms in total. The predicted octanol–water partition coefficient (Wildman–Crippen LogP) is 3.13. The van der Waals surface area contributed by atoms with Crippen molar-refractivity contribution < 1.29 is 9.84 Å². The molecule has 1 aliphatic carbocycles. The molecule has 112 valence electrons. The quantitative estimate of drug-likeness (QED) is 0.856. The van der Waals surface area contributed by atoms with E-state index in [1.807, 2.05) is 19.1 Å². The van der Waals surface area contributed by atoms with E-state index < -0.39 is 0 Å². The molecule has 0 bridgehead atoms. The average molecular weight is 286 g/mol. The molecule has 0 aliphatic heterocycles. The first-order chi connectivity index (χ1) is 10.2. The smallest absolute Gasteiger partial charge is 0.145 e. The Hall–Kier alpha value is -1.81. The zero-order valence-corrected chi connectivity index (χ0v) is 12.6. The third-order valence-electron chi connectivity index (χ3n) is 4.40. The fourth-order valence-electron chi connectivity index (χ4n) is 2.87. The molecule has 0 amide bonds. The van der Waals surface area contributed by atoms with Crippen LogP contribution in [0.25, 0.3) is 10.9 Å². The molecule has 0 atom stereocenters. The molecule has 1 heterocycles. The molecule has 1 saturated carbocycles. The number of fused-ring (bicyclic) bond motifs is 1. The average Bonchev–Trinajstić information content (AvgIpc) is 3.24. The van der Waals surface area contributed by atoms with Gasteiger partial charge in [0.2, 0.25) is 0 Å². The highest BCUT2D eigenvalue weighted by atomic mass is 16.5. The van der Waals surface area contributed by atoms with Crippen LogP contribution in [0.15, 0.2) is 24.3 Å². The first kappa shape index (κ1) is 14.1. The number of aryl methyl sites for hydroxylation is 1. The fourth-order valence-corrected chi connectivity index (χ4v) is 2.87. The molecule has 0 radical (unpaired) electrons. The number of methoxy groups -OCH3 is 1. The van der Waals surface area contributed by atoms with Crippen molar-refractivity contribution in [1.29, 1.82) is 0 Å². The molecule has 2 N–H and O–H groups in total. The highest BCUT2D eigenvalue weighted by Crippen LogP contribution is 2.48. The van der Waals surface area contributed by atoms with Gasteiger partial charge in [0.1, 0.15) is 11.3 Å². The van der Waals surface area contributed by atoms with Crippen molar-refractivity contribution in [2.75, 3.05) is 25.6 Å². The summed E-state index contributed by atoms with van der Waals surface area (Å²) in [7, 11) is 1.67. The lowest BCUT2D eigenvalue weighted by molar-refractivity contribution is 0.253. The van der Waals surface area contributed by atoms with E-state index in [1.165, 1.54) is 12.8 Å². The minimum atomic E-state index is 0.269. The summed E-state index contributed by atoms with van der Waals surface area (Å²) in [6, 6.07) is 8.08. The minimum absolute atomic E-state index is 0.269. The lowest BCUT2D eigenvalue weighted by Gasteiger charge is -2.17. The summed E-state index contributed by atoms with van der Waals surface area (Å²) in [6.45, 7) is 3.17. The Morgan fingerprint density at radius 3 is 2.86 bits per heavy atom. The Bertz CT molecular complexity index is 651. The summed E-state index contributed by atoms with van der Waals surface area (Å²) >= 11 is 0. The number of rotatable bonds is 6. The summed E-state index contributed by atoms with van der Waals surface area (Å²) < 4.78 is 5.41. The molecule has 4 heteroatoms. The molecule has 1 fully saturated rings. The number of nitrogens with zero attached hydrogens (tertiary/aromatic N) is 1. The van der Waals surface area contributed by atoms with Crippen LogP contribution in [0, 0.1) is 12.3 Å². The molecular weight excluding hydrogens is 264 g/mol. The van der Waals surface area contributed by atoms with Crippen molar-refractivity contribution >= 4 is 16.6 Å². The second-order valence-corrected chi connectivity index (χ2v) is 5.99. The van der Waals surface area contributed by atoms with Crippen LogP contribution >= 0.6 is 0 Å². The molecule has 1 aromatic carbocycles. The van der Waals surface area contributed by atoms with Gasteiger partial charge in [-0.15, -0.1) is 0 Å². The molecular formula is C17H22N2O2. The van der Waals surface area contributed by atoms with Crippen LogP contribution in [-0.4, -0.2) is 30.4 Å². The minimum Gasteiger partial charge on any atom is -0.494 e. The number of hydrogen-bond donors (Lipinski definition) is 2. The summed E-state index contributed by atoms with van der Waals surface area (Å²) in [5.74, 6) is 0.802. The molecule has 0 unspecified atom stereocenters. The Labute approximate surface area is 125 Å². The van der Waals surface area contributed by atoms with Gasteiger partial charge in [-0.05, 0) is 43.7 Å². The zero-order valence-electron chi connectivity index (χ0n) is 12.6. The van der Waals surface area contributed by atoms with Crippen LogP contribution in [0.1, 0.15) is 25.0 Å². The van der Waals surface area contributed by atoms with Gasteiger partial charge in [-0.25, -0.2) is 4.98 Å². The highest BCUT2D eigenvalue weighted by molar-refractivity contribution is 5.95. The monoisotopic (exact) mass is 286 g/mol. The topological polar surface area (TPSA) is 54.4 Å². The molecule has 3 rings (SSSR count). The van der Waals surface area contributed by atoms with Gasteiger partial charge >= 0.3 is 0 Å². The van der Waals surface area contributed by atoms with Gasteiger partial charge in [0.25, 0.3) is 0 Å². The first-order valence-electron chi connectivity index (χ1n) is 7.46. The number of aromatic nitrogens is 1. The Balaban J connectivity index is 1.91. The van der Waals surface area contributed by atoms with Crippen molar-refractivity contribution in [1.82, 2.24) is 4.98 Å². The van der Waals surface area contributed by atoms with E-state index in [-0.39, 0.29) is 12.0 Å². The zero-order chi connectivity index (χ0) is 14.9. The van der Waals surface area contributed by atoms with E-state index in [0.717, 1.165) is 41.0 Å². The third kappa shape index (κ3) is 2.81. The standard InChI is InChI=1S/C17H22N2O2/c1-12-10-14(18-11-17(6-7-17)8-9-20)13-4-3-5-15(21-2)16(13)19-12/h3-5,10,20H,6-9,11H2,1-2H3,(H,18,19). The SMILES string of the molecule is COc1cccc2c(NCC3(CCO)CC3)cc(C)nc12. The normalized spacial score (nSPS) is 16.0. The Morgan fingerprint density at radius 2 is 2.19 bits per heavy atom. The number of ether oxygens (including phenoxy) is 1. The number of para-hydroxylation sites is 1. The summed E-state index contributed by atoms with van der Waals surface area (Å²) in [5, 5.41) is 13.8. The number of hydrogen-bond acceptors (Lipinski definition) is 4. The lowest BCUT2D eigenvalue weighted by atomic mass is 10.0. The third-order valence-corrected chi connectivity index (χ3v) is 4.40. The van der Waals surface area contributed by atoms with Crippen LogP contribution < -0.4 is 10.1 Å². The number of pyridine rings is 1. The Kier molecular flexibility index (Phi) is 3.72. The van der Waals surface area contributed by atoms with Gasteiger partial charge < -0.3 is 15.2 Å². The van der Waals surface area contributed by atoms with E-state index in [2.05, 4.69) is 22.4 Å². The van der Waals surface area contributed by atoms with E-state index in [1.54, 1.807) is 7.11 Å². The molecule has 0 spiro atoms. The fraction of sp³-hybridized carbons (Fsp3) is 0.471. The van der Waals surface area contributed by atoms with E-state index in [4.69, 9.17) is 9.84 Å². The van der Waals surface area contributed by atoms with E-state index >= 15 is 0 Å². The number of aliphatic hydroxyl groups is 1. The number of anilines is 1.